The minimum Gasteiger partial charge on any atom is -0.454 e. The zero-order valence-electron chi connectivity index (χ0n) is 10.5. The van der Waals surface area contributed by atoms with E-state index < -0.39 is 5.82 Å². The normalized spacial score (nSPS) is 10.1. The molecule has 0 aromatic heterocycles. The van der Waals surface area contributed by atoms with E-state index in [0.717, 1.165) is 17.2 Å². The molecule has 2 aromatic carbocycles. The molecule has 0 heterocycles. The molecule has 0 fully saturated rings. The Morgan fingerprint density at radius 1 is 1.16 bits per heavy atom. The van der Waals surface area contributed by atoms with Gasteiger partial charge >= 0.3 is 0 Å². The molecular weight excluding hydrogens is 265 g/mol. The van der Waals surface area contributed by atoms with Crippen molar-refractivity contribution < 1.29 is 9.13 Å². The van der Waals surface area contributed by atoms with Gasteiger partial charge in [0.15, 0.2) is 11.6 Å². The molecule has 0 saturated heterocycles. The average molecular weight is 276 g/mol. The molecule has 0 aliphatic rings. The number of nitriles is 1. The van der Waals surface area contributed by atoms with Crippen LogP contribution in [-0.2, 0) is 0 Å². The third-order valence-corrected chi connectivity index (χ3v) is 2.92. The standard InChI is InChI=1S/C15H11ClFNO/c1-9-5-12(16)6-10(2)15(9)19-14-4-3-11(8-18)7-13(14)17/h3-7H,1-2H3. The first-order valence-corrected chi connectivity index (χ1v) is 6.03. The van der Waals surface area contributed by atoms with Gasteiger partial charge in [-0.05, 0) is 55.3 Å². The van der Waals surface area contributed by atoms with E-state index in [1.54, 1.807) is 12.1 Å². The summed E-state index contributed by atoms with van der Waals surface area (Å²) in [5.41, 5.74) is 1.91. The van der Waals surface area contributed by atoms with Crippen LogP contribution in [0.1, 0.15) is 16.7 Å². The summed E-state index contributed by atoms with van der Waals surface area (Å²) in [7, 11) is 0. The zero-order chi connectivity index (χ0) is 14.0. The van der Waals surface area contributed by atoms with Gasteiger partial charge in [-0.2, -0.15) is 5.26 Å². The number of hydrogen-bond donors (Lipinski definition) is 0. The fourth-order valence-corrected chi connectivity index (χ4v) is 2.15. The molecular formula is C15H11ClFNO. The van der Waals surface area contributed by atoms with Crippen LogP contribution in [-0.4, -0.2) is 0 Å². The van der Waals surface area contributed by atoms with Gasteiger partial charge in [-0.15, -0.1) is 0 Å². The lowest BCUT2D eigenvalue weighted by atomic mass is 10.1. The largest absolute Gasteiger partial charge is 0.454 e. The van der Waals surface area contributed by atoms with Crippen LogP contribution in [0.4, 0.5) is 4.39 Å². The van der Waals surface area contributed by atoms with E-state index in [-0.39, 0.29) is 11.3 Å². The zero-order valence-corrected chi connectivity index (χ0v) is 11.3. The minimum atomic E-state index is -0.562. The molecule has 0 bridgehead atoms. The highest BCUT2D eigenvalue weighted by Gasteiger charge is 2.11. The van der Waals surface area contributed by atoms with Crippen molar-refractivity contribution in [1.82, 2.24) is 0 Å². The Hall–Kier alpha value is -2.05. The lowest BCUT2D eigenvalue weighted by molar-refractivity contribution is 0.437. The van der Waals surface area contributed by atoms with Crippen LogP contribution in [0.25, 0.3) is 0 Å². The van der Waals surface area contributed by atoms with Crippen molar-refractivity contribution in [2.45, 2.75) is 13.8 Å². The first-order valence-electron chi connectivity index (χ1n) is 5.65. The van der Waals surface area contributed by atoms with Crippen molar-refractivity contribution in [3.63, 3.8) is 0 Å². The van der Waals surface area contributed by atoms with Gasteiger partial charge in [0.2, 0.25) is 0 Å². The second kappa shape index (κ2) is 5.29. The molecule has 0 aliphatic carbocycles. The number of nitrogens with zero attached hydrogens (tertiary/aromatic N) is 1. The van der Waals surface area contributed by atoms with Crippen molar-refractivity contribution in [3.8, 4) is 17.6 Å². The summed E-state index contributed by atoms with van der Waals surface area (Å²) in [4.78, 5) is 0. The van der Waals surface area contributed by atoms with Crippen LogP contribution < -0.4 is 4.74 Å². The van der Waals surface area contributed by atoms with Crippen LogP contribution in [0.5, 0.6) is 11.5 Å². The molecule has 0 amide bonds. The molecule has 2 aromatic rings. The van der Waals surface area contributed by atoms with Crippen molar-refractivity contribution in [1.29, 1.82) is 5.26 Å². The predicted octanol–water partition coefficient (Wildman–Crippen LogP) is 4.76. The molecule has 0 aliphatic heterocycles. The number of ether oxygens (including phenoxy) is 1. The highest BCUT2D eigenvalue weighted by molar-refractivity contribution is 6.30. The van der Waals surface area contributed by atoms with E-state index in [4.69, 9.17) is 21.6 Å². The van der Waals surface area contributed by atoms with Crippen molar-refractivity contribution in [2.75, 3.05) is 0 Å². The Morgan fingerprint density at radius 3 is 2.32 bits per heavy atom. The Labute approximate surface area is 116 Å². The maximum absolute atomic E-state index is 13.8. The lowest BCUT2D eigenvalue weighted by Crippen LogP contribution is -1.94. The molecule has 0 N–H and O–H groups in total. The number of rotatable bonds is 2. The molecule has 2 nitrogen and oxygen atoms in total. The van der Waals surface area contributed by atoms with E-state index in [1.165, 1.54) is 12.1 Å². The van der Waals surface area contributed by atoms with Crippen molar-refractivity contribution in [2.24, 2.45) is 0 Å². The first-order chi connectivity index (χ1) is 9.01. The van der Waals surface area contributed by atoms with Crippen LogP contribution >= 0.6 is 11.6 Å². The fraction of sp³-hybridized carbons (Fsp3) is 0.133. The molecule has 4 heteroatoms. The number of hydrogen-bond acceptors (Lipinski definition) is 2. The topological polar surface area (TPSA) is 33.0 Å². The summed E-state index contributed by atoms with van der Waals surface area (Å²) >= 11 is 5.93. The summed E-state index contributed by atoms with van der Waals surface area (Å²) < 4.78 is 19.3. The second-order valence-electron chi connectivity index (χ2n) is 4.23. The van der Waals surface area contributed by atoms with Gasteiger partial charge < -0.3 is 4.74 Å². The molecule has 96 valence electrons. The van der Waals surface area contributed by atoms with E-state index in [2.05, 4.69) is 0 Å². The third kappa shape index (κ3) is 2.86. The number of benzene rings is 2. The summed E-state index contributed by atoms with van der Waals surface area (Å²) in [5.74, 6) is 0.105. The van der Waals surface area contributed by atoms with Crippen LogP contribution in [0.3, 0.4) is 0 Å². The molecule has 0 radical (unpaired) electrons. The molecule has 0 spiro atoms. The minimum absolute atomic E-state index is 0.0903. The molecule has 2 rings (SSSR count). The SMILES string of the molecule is Cc1cc(Cl)cc(C)c1Oc1ccc(C#N)cc1F. The molecule has 19 heavy (non-hydrogen) atoms. The van der Waals surface area contributed by atoms with Gasteiger partial charge in [-0.3, -0.25) is 0 Å². The van der Waals surface area contributed by atoms with E-state index in [1.807, 2.05) is 19.9 Å². The Balaban J connectivity index is 2.40. The van der Waals surface area contributed by atoms with Gasteiger partial charge in [0, 0.05) is 5.02 Å². The van der Waals surface area contributed by atoms with Gasteiger partial charge in [-0.25, -0.2) is 4.39 Å². The van der Waals surface area contributed by atoms with Crippen molar-refractivity contribution >= 4 is 11.6 Å². The Morgan fingerprint density at radius 2 is 1.79 bits per heavy atom. The lowest BCUT2D eigenvalue weighted by Gasteiger charge is -2.12. The van der Waals surface area contributed by atoms with E-state index >= 15 is 0 Å². The highest BCUT2D eigenvalue weighted by Crippen LogP contribution is 2.32. The number of halogens is 2. The maximum atomic E-state index is 13.8. The quantitative estimate of drug-likeness (QED) is 0.791. The fourth-order valence-electron chi connectivity index (χ4n) is 1.82. The Bertz CT molecular complexity index is 653. The maximum Gasteiger partial charge on any atom is 0.167 e. The van der Waals surface area contributed by atoms with Gasteiger partial charge in [0.25, 0.3) is 0 Å². The smallest absolute Gasteiger partial charge is 0.167 e. The van der Waals surface area contributed by atoms with Crippen molar-refractivity contribution in [3.05, 3.63) is 57.9 Å². The summed E-state index contributed by atoms with van der Waals surface area (Å²) in [5, 5.41) is 9.30. The van der Waals surface area contributed by atoms with Crippen LogP contribution in [0.2, 0.25) is 5.02 Å². The van der Waals surface area contributed by atoms with E-state index in [0.29, 0.717) is 10.8 Å². The van der Waals surface area contributed by atoms with Crippen LogP contribution in [0.15, 0.2) is 30.3 Å². The van der Waals surface area contributed by atoms with Crippen LogP contribution in [0, 0.1) is 31.0 Å². The summed E-state index contributed by atoms with van der Waals surface area (Å²) in [6, 6.07) is 9.49. The van der Waals surface area contributed by atoms with Gasteiger partial charge in [0.1, 0.15) is 5.75 Å². The second-order valence-corrected chi connectivity index (χ2v) is 4.66. The molecule has 0 saturated carbocycles. The number of aryl methyl sites for hydroxylation is 2. The predicted molar refractivity (Wildman–Crippen MR) is 72.1 cm³/mol. The molecule has 0 atom stereocenters. The summed E-state index contributed by atoms with van der Waals surface area (Å²) in [6.45, 7) is 3.69. The average Bonchev–Trinajstić information content (AvgIpc) is 2.35. The highest BCUT2D eigenvalue weighted by atomic mass is 35.5. The van der Waals surface area contributed by atoms with E-state index in [9.17, 15) is 4.39 Å². The van der Waals surface area contributed by atoms with Gasteiger partial charge in [-0.1, -0.05) is 11.6 Å². The summed E-state index contributed by atoms with van der Waals surface area (Å²) in [6.07, 6.45) is 0. The molecule has 0 unspecified atom stereocenters. The monoisotopic (exact) mass is 275 g/mol. The first kappa shape index (κ1) is 13.4. The van der Waals surface area contributed by atoms with Gasteiger partial charge in [0.05, 0.1) is 11.6 Å². The third-order valence-electron chi connectivity index (χ3n) is 2.70. The Kier molecular flexibility index (Phi) is 3.73.